The van der Waals surface area contributed by atoms with E-state index >= 15 is 0 Å². The third-order valence-electron chi connectivity index (χ3n) is 2.93. The van der Waals surface area contributed by atoms with Crippen LogP contribution >= 0.6 is 0 Å². The minimum atomic E-state index is -0.252. The zero-order chi connectivity index (χ0) is 14.5. The van der Waals surface area contributed by atoms with Gasteiger partial charge in [0.2, 0.25) is 5.91 Å². The van der Waals surface area contributed by atoms with Crippen molar-refractivity contribution in [1.82, 2.24) is 15.5 Å². The van der Waals surface area contributed by atoms with Crippen LogP contribution in [-0.4, -0.2) is 35.9 Å². The second kappa shape index (κ2) is 6.29. The molecule has 1 amide bonds. The van der Waals surface area contributed by atoms with Gasteiger partial charge in [0.05, 0.1) is 24.1 Å². The van der Waals surface area contributed by atoms with E-state index in [1.165, 1.54) is 0 Å². The van der Waals surface area contributed by atoms with Gasteiger partial charge in [0.15, 0.2) is 0 Å². The predicted octanol–water partition coefficient (Wildman–Crippen LogP) is 0.617. The smallest absolute Gasteiger partial charge is 0.272 e. The second-order valence-electron chi connectivity index (χ2n) is 4.65. The van der Waals surface area contributed by atoms with Crippen molar-refractivity contribution in [3.8, 4) is 0 Å². The number of hydrogen-bond donors (Lipinski definition) is 2. The van der Waals surface area contributed by atoms with E-state index in [0.717, 1.165) is 0 Å². The lowest BCUT2D eigenvalue weighted by Gasteiger charge is -2.12. The fourth-order valence-corrected chi connectivity index (χ4v) is 2.08. The lowest BCUT2D eigenvalue weighted by molar-refractivity contribution is -0.121. The predicted molar refractivity (Wildman–Crippen MR) is 75.5 cm³/mol. The van der Waals surface area contributed by atoms with Gasteiger partial charge in [-0.25, -0.2) is 5.10 Å². The van der Waals surface area contributed by atoms with Crippen LogP contribution in [0.4, 0.5) is 0 Å². The molecule has 0 fully saturated rings. The first-order valence-corrected chi connectivity index (χ1v) is 6.36. The largest absolute Gasteiger partial charge is 0.383 e. The van der Waals surface area contributed by atoms with Crippen molar-refractivity contribution in [2.45, 2.75) is 19.4 Å². The summed E-state index contributed by atoms with van der Waals surface area (Å²) in [5.41, 5.74) is 0.305. The fourth-order valence-electron chi connectivity index (χ4n) is 2.08. The lowest BCUT2D eigenvalue weighted by Crippen LogP contribution is -2.36. The van der Waals surface area contributed by atoms with E-state index < -0.39 is 0 Å². The van der Waals surface area contributed by atoms with Gasteiger partial charge in [0.1, 0.15) is 0 Å². The number of nitrogens with one attached hydrogen (secondary N) is 2. The summed E-state index contributed by atoms with van der Waals surface area (Å²) in [6, 6.07) is 7.03. The first-order valence-electron chi connectivity index (χ1n) is 6.36. The Kier molecular flexibility index (Phi) is 4.47. The molecule has 2 rings (SSSR count). The maximum atomic E-state index is 11.9. The number of ether oxygens (including phenoxy) is 1. The Bertz CT molecular complexity index is 666. The summed E-state index contributed by atoms with van der Waals surface area (Å²) >= 11 is 0. The van der Waals surface area contributed by atoms with Crippen LogP contribution in [0.1, 0.15) is 12.6 Å². The van der Waals surface area contributed by atoms with Crippen molar-refractivity contribution in [3.63, 3.8) is 0 Å². The molecule has 0 aliphatic heterocycles. The molecule has 1 aromatic heterocycles. The Morgan fingerprint density at radius 2 is 2.10 bits per heavy atom. The maximum absolute atomic E-state index is 11.9. The number of rotatable bonds is 5. The number of carbonyl (C=O) groups is 1. The molecular formula is C14H17N3O3. The molecule has 20 heavy (non-hydrogen) atoms. The van der Waals surface area contributed by atoms with Gasteiger partial charge >= 0.3 is 0 Å². The van der Waals surface area contributed by atoms with Crippen molar-refractivity contribution in [2.24, 2.45) is 0 Å². The molecule has 0 unspecified atom stereocenters. The van der Waals surface area contributed by atoms with Crippen LogP contribution in [0.3, 0.4) is 0 Å². The SMILES string of the molecule is COC[C@@H](C)NC(=O)Cc1n[nH]c(=O)c2ccccc12. The monoisotopic (exact) mass is 275 g/mol. The van der Waals surface area contributed by atoms with Gasteiger partial charge in [-0.1, -0.05) is 18.2 Å². The van der Waals surface area contributed by atoms with Crippen LogP contribution in [0.15, 0.2) is 29.1 Å². The zero-order valence-electron chi connectivity index (χ0n) is 11.5. The van der Waals surface area contributed by atoms with Gasteiger partial charge in [-0.05, 0) is 13.0 Å². The fraction of sp³-hybridized carbons (Fsp3) is 0.357. The average molecular weight is 275 g/mol. The van der Waals surface area contributed by atoms with E-state index in [1.807, 2.05) is 13.0 Å². The van der Waals surface area contributed by atoms with E-state index in [9.17, 15) is 9.59 Å². The van der Waals surface area contributed by atoms with Crippen molar-refractivity contribution < 1.29 is 9.53 Å². The minimum absolute atomic E-state index is 0.0680. The van der Waals surface area contributed by atoms with Crippen LogP contribution in [0, 0.1) is 0 Å². The highest BCUT2D eigenvalue weighted by molar-refractivity contribution is 5.88. The van der Waals surface area contributed by atoms with E-state index in [2.05, 4.69) is 15.5 Å². The van der Waals surface area contributed by atoms with Crippen molar-refractivity contribution in [1.29, 1.82) is 0 Å². The molecule has 0 saturated carbocycles. The molecule has 6 heteroatoms. The Labute approximate surface area is 116 Å². The number of carbonyl (C=O) groups excluding carboxylic acids is 1. The highest BCUT2D eigenvalue weighted by Crippen LogP contribution is 2.12. The van der Waals surface area contributed by atoms with Crippen molar-refractivity contribution in [3.05, 3.63) is 40.3 Å². The summed E-state index contributed by atoms with van der Waals surface area (Å²) in [5, 5.41) is 10.4. The molecule has 0 bridgehead atoms. The third-order valence-corrected chi connectivity index (χ3v) is 2.93. The number of fused-ring (bicyclic) bond motifs is 1. The molecule has 0 radical (unpaired) electrons. The van der Waals surface area contributed by atoms with E-state index in [1.54, 1.807) is 25.3 Å². The molecule has 6 nitrogen and oxygen atoms in total. The van der Waals surface area contributed by atoms with Gasteiger partial charge in [0, 0.05) is 18.5 Å². The Hall–Kier alpha value is -2.21. The van der Waals surface area contributed by atoms with E-state index in [-0.39, 0.29) is 23.9 Å². The first-order chi connectivity index (χ1) is 9.61. The number of aromatic nitrogens is 2. The standard InChI is InChI=1S/C14H17N3O3/c1-9(8-20-2)15-13(18)7-12-10-5-3-4-6-11(10)14(19)17-16-12/h3-6,9H,7-8H2,1-2H3,(H,15,18)(H,17,19)/t9-/m1/s1. The first kappa shape index (κ1) is 14.2. The molecule has 0 aliphatic rings. The normalized spacial score (nSPS) is 12.3. The zero-order valence-corrected chi connectivity index (χ0v) is 11.5. The van der Waals surface area contributed by atoms with Gasteiger partial charge in [-0.15, -0.1) is 0 Å². The number of nitrogens with zero attached hydrogens (tertiary/aromatic N) is 1. The molecule has 2 N–H and O–H groups in total. The molecule has 106 valence electrons. The summed E-state index contributed by atoms with van der Waals surface area (Å²) < 4.78 is 4.96. The molecule has 2 aromatic rings. The average Bonchev–Trinajstić information content (AvgIpc) is 2.42. The Morgan fingerprint density at radius 3 is 2.80 bits per heavy atom. The number of amides is 1. The summed E-state index contributed by atoms with van der Waals surface area (Å²) in [7, 11) is 1.58. The molecular weight excluding hydrogens is 258 g/mol. The van der Waals surface area contributed by atoms with Crippen molar-refractivity contribution in [2.75, 3.05) is 13.7 Å². The van der Waals surface area contributed by atoms with Crippen LogP contribution in [0.5, 0.6) is 0 Å². The van der Waals surface area contributed by atoms with Crippen molar-refractivity contribution >= 4 is 16.7 Å². The molecule has 1 heterocycles. The maximum Gasteiger partial charge on any atom is 0.272 e. The number of benzene rings is 1. The summed E-state index contributed by atoms with van der Waals surface area (Å²) in [6.45, 7) is 2.31. The lowest BCUT2D eigenvalue weighted by atomic mass is 10.1. The van der Waals surface area contributed by atoms with Gasteiger partial charge < -0.3 is 10.1 Å². The topological polar surface area (TPSA) is 84.1 Å². The highest BCUT2D eigenvalue weighted by atomic mass is 16.5. The molecule has 0 saturated heterocycles. The second-order valence-corrected chi connectivity index (χ2v) is 4.65. The van der Waals surface area contributed by atoms with Gasteiger partial charge in [0.25, 0.3) is 5.56 Å². The molecule has 1 aromatic carbocycles. The highest BCUT2D eigenvalue weighted by Gasteiger charge is 2.12. The number of methoxy groups -OCH3 is 1. The van der Waals surface area contributed by atoms with Crippen LogP contribution in [0.2, 0.25) is 0 Å². The summed E-state index contributed by atoms with van der Waals surface area (Å²) in [4.78, 5) is 23.6. The number of hydrogen-bond acceptors (Lipinski definition) is 4. The van der Waals surface area contributed by atoms with Crippen LogP contribution in [0.25, 0.3) is 10.8 Å². The Morgan fingerprint density at radius 1 is 1.40 bits per heavy atom. The number of H-pyrrole nitrogens is 1. The molecule has 0 aliphatic carbocycles. The number of aromatic amines is 1. The minimum Gasteiger partial charge on any atom is -0.383 e. The van der Waals surface area contributed by atoms with E-state index in [4.69, 9.17) is 4.74 Å². The van der Waals surface area contributed by atoms with E-state index in [0.29, 0.717) is 23.1 Å². The summed E-state index contributed by atoms with van der Waals surface area (Å²) in [6.07, 6.45) is 0.116. The summed E-state index contributed by atoms with van der Waals surface area (Å²) in [5.74, 6) is -0.153. The van der Waals surface area contributed by atoms with Crippen LogP contribution < -0.4 is 10.9 Å². The quantitative estimate of drug-likeness (QED) is 0.837. The third kappa shape index (κ3) is 3.21. The van der Waals surface area contributed by atoms with Gasteiger partial charge in [-0.3, -0.25) is 9.59 Å². The van der Waals surface area contributed by atoms with Crippen LogP contribution in [-0.2, 0) is 16.0 Å². The van der Waals surface area contributed by atoms with Gasteiger partial charge in [-0.2, -0.15) is 5.10 Å². The molecule has 1 atom stereocenters. The molecule has 0 spiro atoms. The Balaban J connectivity index is 2.20.